The molecule has 4 aliphatic rings. The van der Waals surface area contributed by atoms with Crippen molar-refractivity contribution in [2.75, 3.05) is 16.8 Å². The number of carbonyl (C=O) groups excluding carboxylic acids is 3. The van der Waals surface area contributed by atoms with Crippen LogP contribution in [0.15, 0.2) is 94.7 Å². The van der Waals surface area contributed by atoms with E-state index in [1.807, 2.05) is 42.5 Å². The van der Waals surface area contributed by atoms with Crippen molar-refractivity contribution in [1.82, 2.24) is 4.98 Å². The Morgan fingerprint density at radius 2 is 1.69 bits per heavy atom. The van der Waals surface area contributed by atoms with Gasteiger partial charge in [-0.15, -0.1) is 11.8 Å². The number of hydrogen-bond donors (Lipinski definition) is 2. The molecule has 4 aromatic carbocycles. The number of nitrogens with zero attached hydrogens (tertiary/aromatic N) is 1. The fraction of sp³-hybridized carbons (Fsp3) is 0.263. The number of nitrogens with one attached hydrogen (secondary N) is 2. The topological polar surface area (TPSA) is 109 Å². The first-order chi connectivity index (χ1) is 25.0. The number of aromatic amines is 1. The number of imide groups is 1. The molecular weight excluding hydrogens is 735 g/mol. The van der Waals surface area contributed by atoms with Crippen molar-refractivity contribution in [2.24, 2.45) is 29.6 Å². The third kappa shape index (κ3) is 5.27. The van der Waals surface area contributed by atoms with Gasteiger partial charge in [0.2, 0.25) is 11.8 Å². The van der Waals surface area contributed by atoms with Crippen molar-refractivity contribution in [3.63, 3.8) is 0 Å². The molecule has 52 heavy (non-hydrogen) atoms. The van der Waals surface area contributed by atoms with Gasteiger partial charge in [-0.2, -0.15) is 13.2 Å². The number of anilines is 2. The fourth-order valence-corrected chi connectivity index (χ4v) is 12.1. The third-order valence-corrected chi connectivity index (χ3v) is 13.7. The molecule has 0 radical (unpaired) electrons. The van der Waals surface area contributed by atoms with Crippen molar-refractivity contribution in [3.8, 4) is 5.75 Å². The van der Waals surface area contributed by atoms with Crippen molar-refractivity contribution in [1.29, 1.82) is 0 Å². The lowest BCUT2D eigenvalue weighted by Crippen LogP contribution is -2.42. The maximum Gasteiger partial charge on any atom is 0.416 e. The average Bonchev–Trinajstić information content (AvgIpc) is 3.86. The summed E-state index contributed by atoms with van der Waals surface area (Å²) in [5.41, 5.74) is 0.250. The highest BCUT2D eigenvalue weighted by molar-refractivity contribution is 8.00. The maximum atomic E-state index is 14.1. The second-order valence-electron chi connectivity index (χ2n) is 13.6. The Hall–Kier alpha value is -4.59. The van der Waals surface area contributed by atoms with Crippen LogP contribution in [0.4, 0.5) is 24.5 Å². The summed E-state index contributed by atoms with van der Waals surface area (Å²) >= 11 is 9.13. The lowest BCUT2D eigenvalue weighted by molar-refractivity contribution is -0.137. The number of alkyl halides is 3. The number of halogens is 4. The first-order valence-electron chi connectivity index (χ1n) is 16.6. The number of thioether (sulfide) groups is 1. The molecule has 2 bridgehead atoms. The molecule has 2 N–H and O–H groups in total. The first kappa shape index (κ1) is 33.3. The molecular formula is C38H27ClF3N3O5S2. The fourth-order valence-electron chi connectivity index (χ4n) is 9.00. The monoisotopic (exact) mass is 761 g/mol. The van der Waals surface area contributed by atoms with Crippen LogP contribution in [-0.2, 0) is 20.6 Å². The average molecular weight is 762 g/mol. The van der Waals surface area contributed by atoms with Crippen molar-refractivity contribution in [3.05, 3.63) is 116 Å². The highest BCUT2D eigenvalue weighted by Crippen LogP contribution is 2.69. The molecule has 264 valence electrons. The van der Waals surface area contributed by atoms with Crippen LogP contribution in [0.1, 0.15) is 28.3 Å². The number of benzene rings is 4. The van der Waals surface area contributed by atoms with Gasteiger partial charge in [0.15, 0.2) is 6.61 Å². The van der Waals surface area contributed by atoms with Gasteiger partial charge in [-0.3, -0.25) is 24.1 Å². The number of amides is 3. The number of H-pyrrole nitrogens is 1. The van der Waals surface area contributed by atoms with E-state index in [1.54, 1.807) is 18.2 Å². The van der Waals surface area contributed by atoms with Crippen LogP contribution in [0.2, 0.25) is 5.02 Å². The summed E-state index contributed by atoms with van der Waals surface area (Å²) in [5.74, 6) is -3.70. The van der Waals surface area contributed by atoms with Crippen molar-refractivity contribution < 1.29 is 32.3 Å². The van der Waals surface area contributed by atoms with E-state index in [-0.39, 0.29) is 46.1 Å². The van der Waals surface area contributed by atoms with E-state index in [0.717, 1.165) is 44.0 Å². The van der Waals surface area contributed by atoms with Gasteiger partial charge >= 0.3 is 11.0 Å². The highest BCUT2D eigenvalue weighted by Gasteiger charge is 2.70. The molecule has 2 aliphatic carbocycles. The zero-order chi connectivity index (χ0) is 36.1. The van der Waals surface area contributed by atoms with Crippen LogP contribution in [0, 0.1) is 29.6 Å². The van der Waals surface area contributed by atoms with E-state index in [2.05, 4.69) is 10.3 Å². The summed E-state index contributed by atoms with van der Waals surface area (Å²) in [7, 11) is 0. The third-order valence-electron chi connectivity index (χ3n) is 10.9. The standard InChI is InChI=1S/C38H27ClF3N3O5S2/c39-19-11-12-26(50-16-27(46)43-25-10-3-6-17-5-1-2-9-21(17)25)22(14-19)28-29-23-15-24(32(29)51-34-33(28)52-37(49)44-34)31-30(23)35(47)45(36(31)48)20-8-4-7-18(13-20)38(40,41)42/h1-14,23-24,28-32H,15-16H2,(H,43,46)(H,44,49)/t23-,24-,28+,29-,30+,31+,32-/m1/s1. The van der Waals surface area contributed by atoms with Crippen molar-refractivity contribution in [2.45, 2.75) is 28.8 Å². The Bertz CT molecular complexity index is 2370. The minimum Gasteiger partial charge on any atom is -0.483 e. The number of fused-ring (bicyclic) bond motifs is 10. The summed E-state index contributed by atoms with van der Waals surface area (Å²) in [6, 6.07) is 22.7. The van der Waals surface area contributed by atoms with Crippen LogP contribution in [0.5, 0.6) is 5.75 Å². The molecule has 3 fully saturated rings. The zero-order valence-corrected chi connectivity index (χ0v) is 29.2. The van der Waals surface area contributed by atoms with Gasteiger partial charge in [-0.05, 0) is 72.0 Å². The highest BCUT2D eigenvalue weighted by atomic mass is 35.5. The maximum absolute atomic E-state index is 14.1. The summed E-state index contributed by atoms with van der Waals surface area (Å²) in [5, 5.41) is 5.67. The predicted octanol–water partition coefficient (Wildman–Crippen LogP) is 7.96. The van der Waals surface area contributed by atoms with Gasteiger partial charge < -0.3 is 15.0 Å². The van der Waals surface area contributed by atoms with E-state index in [1.165, 1.54) is 23.9 Å². The van der Waals surface area contributed by atoms with E-state index in [9.17, 15) is 32.3 Å². The molecule has 8 nitrogen and oxygen atoms in total. The molecule has 3 amide bonds. The summed E-state index contributed by atoms with van der Waals surface area (Å²) in [6.07, 6.45) is -4.07. The Morgan fingerprint density at radius 3 is 2.50 bits per heavy atom. The number of thiazole rings is 1. The lowest BCUT2D eigenvalue weighted by Gasteiger charge is -2.43. The number of carbonyl (C=O) groups is 3. The lowest BCUT2D eigenvalue weighted by atomic mass is 9.68. The molecule has 7 atom stereocenters. The Morgan fingerprint density at radius 1 is 0.942 bits per heavy atom. The Balaban J connectivity index is 1.05. The molecule has 5 aromatic rings. The molecule has 1 saturated heterocycles. The molecule has 9 rings (SSSR count). The molecule has 0 unspecified atom stereocenters. The minimum atomic E-state index is -4.64. The number of ether oxygens (including phenoxy) is 1. The number of rotatable bonds is 6. The quantitative estimate of drug-likeness (QED) is 0.170. The SMILES string of the molecule is O=C(COc1ccc(Cl)cc1[C@@H]1c2sc(=O)[nH]c2S[C@@H]2[C@@H]3C[C@@H]([C@@H]4C(=O)N(c5cccc(C(F)(F)F)c5)C(=O)[C@@H]34)[C@H]12)Nc1cccc2ccccc12. The van der Waals surface area contributed by atoms with Crippen LogP contribution < -0.4 is 19.8 Å². The zero-order valence-electron chi connectivity index (χ0n) is 26.9. The Labute approximate surface area is 307 Å². The molecule has 1 aromatic heterocycles. The van der Waals surface area contributed by atoms with Gasteiger partial charge in [-0.1, -0.05) is 65.4 Å². The smallest absolute Gasteiger partial charge is 0.416 e. The molecule has 3 heterocycles. The Kier molecular flexibility index (Phi) is 7.83. The van der Waals surface area contributed by atoms with E-state index >= 15 is 0 Å². The summed E-state index contributed by atoms with van der Waals surface area (Å²) in [4.78, 5) is 58.5. The van der Waals surface area contributed by atoms with Gasteiger partial charge in [0.1, 0.15) is 5.75 Å². The molecule has 2 aliphatic heterocycles. The molecule has 2 saturated carbocycles. The minimum absolute atomic E-state index is 0.0958. The number of aromatic nitrogens is 1. The van der Waals surface area contributed by atoms with Crippen LogP contribution >= 0.6 is 34.7 Å². The van der Waals surface area contributed by atoms with Crippen LogP contribution in [0.25, 0.3) is 10.8 Å². The van der Waals surface area contributed by atoms with Crippen molar-refractivity contribution >= 4 is 74.6 Å². The second kappa shape index (κ2) is 12.2. The van der Waals surface area contributed by atoms with E-state index < -0.39 is 41.3 Å². The molecule has 14 heteroatoms. The molecule has 0 spiro atoms. The second-order valence-corrected chi connectivity index (χ2v) is 16.2. The normalized spacial score (nSPS) is 26.0. The largest absolute Gasteiger partial charge is 0.483 e. The first-order valence-corrected chi connectivity index (χ1v) is 18.7. The van der Waals surface area contributed by atoms with Crippen LogP contribution in [0.3, 0.4) is 0 Å². The van der Waals surface area contributed by atoms with Gasteiger partial charge in [0.25, 0.3) is 5.91 Å². The summed E-state index contributed by atoms with van der Waals surface area (Å²) < 4.78 is 47.0. The van der Waals surface area contributed by atoms with Gasteiger partial charge in [0.05, 0.1) is 28.1 Å². The van der Waals surface area contributed by atoms with E-state index in [4.69, 9.17) is 16.3 Å². The van der Waals surface area contributed by atoms with Gasteiger partial charge in [0, 0.05) is 37.7 Å². The van der Waals surface area contributed by atoms with E-state index in [0.29, 0.717) is 33.5 Å². The predicted molar refractivity (Wildman–Crippen MR) is 192 cm³/mol. The number of hydrogen-bond acceptors (Lipinski definition) is 7. The summed E-state index contributed by atoms with van der Waals surface area (Å²) in [6.45, 7) is -0.320. The van der Waals surface area contributed by atoms with Crippen LogP contribution in [-0.4, -0.2) is 34.6 Å². The van der Waals surface area contributed by atoms with Gasteiger partial charge in [-0.25, -0.2) is 0 Å².